The largest absolute Gasteiger partial charge is 0.378 e. The van der Waals surface area contributed by atoms with E-state index in [2.05, 4.69) is 25.6 Å². The number of rotatable bonds is 7. The van der Waals surface area contributed by atoms with Crippen LogP contribution in [0.25, 0.3) is 0 Å². The van der Waals surface area contributed by atoms with Gasteiger partial charge in [0.1, 0.15) is 0 Å². The van der Waals surface area contributed by atoms with E-state index in [1.807, 2.05) is 0 Å². The van der Waals surface area contributed by atoms with Gasteiger partial charge in [-0.25, -0.2) is 0 Å². The molecule has 1 N–H and O–H groups in total. The molecule has 0 spiro atoms. The van der Waals surface area contributed by atoms with Gasteiger partial charge < -0.3 is 19.6 Å². The minimum Gasteiger partial charge on any atom is -0.378 e. The summed E-state index contributed by atoms with van der Waals surface area (Å²) in [6.07, 6.45) is 4.22. The monoisotopic (exact) mass is 284 g/mol. The van der Waals surface area contributed by atoms with E-state index in [9.17, 15) is 9.90 Å². The van der Waals surface area contributed by atoms with Crippen LogP contribution in [-0.4, -0.2) is 72.9 Å². The maximum Gasteiger partial charge on any atom is 0.258 e. The van der Waals surface area contributed by atoms with Gasteiger partial charge in [0.2, 0.25) is 0 Å². The summed E-state index contributed by atoms with van der Waals surface area (Å²) in [5.74, 6) is -0.265. The predicted octanol–water partition coefficient (Wildman–Crippen LogP) is 0.883. The highest BCUT2D eigenvalue weighted by atomic mass is 16.5. The van der Waals surface area contributed by atoms with Crippen LogP contribution in [0.3, 0.4) is 0 Å². The van der Waals surface area contributed by atoms with Gasteiger partial charge in [-0.15, -0.1) is 0 Å². The smallest absolute Gasteiger partial charge is 0.258 e. The Kier molecular flexibility index (Phi) is 6.65. The van der Waals surface area contributed by atoms with Crippen LogP contribution in [0.15, 0.2) is 12.7 Å². The van der Waals surface area contributed by atoms with Crippen molar-refractivity contribution < 1.29 is 14.6 Å². The molecule has 1 heterocycles. The summed E-state index contributed by atoms with van der Waals surface area (Å²) in [4.78, 5) is 15.9. The number of amides is 1. The molecule has 1 saturated heterocycles. The number of carbonyl (C=O) groups is 1. The zero-order valence-electron chi connectivity index (χ0n) is 13.0. The molecule has 20 heavy (non-hydrogen) atoms. The molecule has 116 valence electrons. The first-order valence-electron chi connectivity index (χ1n) is 7.28. The normalized spacial score (nSPS) is 19.9. The fourth-order valence-corrected chi connectivity index (χ4v) is 2.26. The number of nitrogens with zero attached hydrogens (tertiary/aromatic N) is 2. The SMILES string of the molecule is C=CC(C)(O)C(=O)N1CCC(OCCCN(C)C)CC1. The van der Waals surface area contributed by atoms with Crippen LogP contribution >= 0.6 is 0 Å². The molecule has 0 aromatic carbocycles. The van der Waals surface area contributed by atoms with Crippen molar-refractivity contribution in [3.05, 3.63) is 12.7 Å². The number of carbonyl (C=O) groups excluding carboxylic acids is 1. The lowest BCUT2D eigenvalue weighted by Crippen LogP contribution is -2.49. The number of likely N-dealkylation sites (tertiary alicyclic amines) is 1. The Hall–Kier alpha value is -0.910. The Balaban J connectivity index is 2.26. The molecule has 1 atom stereocenters. The van der Waals surface area contributed by atoms with Crippen LogP contribution in [0.5, 0.6) is 0 Å². The molecule has 1 aliphatic rings. The van der Waals surface area contributed by atoms with E-state index < -0.39 is 5.60 Å². The lowest BCUT2D eigenvalue weighted by Gasteiger charge is -2.35. The van der Waals surface area contributed by atoms with E-state index in [1.54, 1.807) is 4.90 Å². The highest BCUT2D eigenvalue weighted by Gasteiger charge is 2.33. The molecule has 5 nitrogen and oxygen atoms in total. The Morgan fingerprint density at radius 2 is 2.10 bits per heavy atom. The maximum atomic E-state index is 12.1. The minimum absolute atomic E-state index is 0.231. The van der Waals surface area contributed by atoms with Crippen molar-refractivity contribution in [1.29, 1.82) is 0 Å². The molecule has 0 saturated carbocycles. The number of hydrogen-bond donors (Lipinski definition) is 1. The van der Waals surface area contributed by atoms with Crippen molar-refractivity contribution in [2.75, 3.05) is 40.3 Å². The van der Waals surface area contributed by atoms with Gasteiger partial charge in [0.05, 0.1) is 6.10 Å². The van der Waals surface area contributed by atoms with E-state index in [4.69, 9.17) is 4.74 Å². The van der Waals surface area contributed by atoms with Gasteiger partial charge in [-0.2, -0.15) is 0 Å². The molecule has 5 heteroatoms. The van der Waals surface area contributed by atoms with Crippen LogP contribution in [0, 0.1) is 0 Å². The molecule has 1 rings (SSSR count). The average Bonchev–Trinajstić information content (AvgIpc) is 2.43. The fourth-order valence-electron chi connectivity index (χ4n) is 2.26. The summed E-state index contributed by atoms with van der Waals surface area (Å²) in [5, 5.41) is 9.89. The Labute approximate surface area is 122 Å². The number of piperidine rings is 1. The van der Waals surface area contributed by atoms with Crippen LogP contribution < -0.4 is 0 Å². The molecule has 0 aromatic heterocycles. The molecule has 0 bridgehead atoms. The third-order valence-electron chi connectivity index (χ3n) is 3.66. The first-order valence-corrected chi connectivity index (χ1v) is 7.28. The Bertz CT molecular complexity index is 321. The van der Waals surface area contributed by atoms with Crippen LogP contribution in [0.2, 0.25) is 0 Å². The topological polar surface area (TPSA) is 53.0 Å². The number of hydrogen-bond acceptors (Lipinski definition) is 4. The Morgan fingerprint density at radius 3 is 2.60 bits per heavy atom. The van der Waals surface area contributed by atoms with Crippen molar-refractivity contribution in [2.24, 2.45) is 0 Å². The highest BCUT2D eigenvalue weighted by Crippen LogP contribution is 2.18. The standard InChI is InChI=1S/C15H28N2O3/c1-5-15(2,19)14(18)17-10-7-13(8-11-17)20-12-6-9-16(3)4/h5,13,19H,1,6-12H2,2-4H3. The van der Waals surface area contributed by atoms with E-state index in [-0.39, 0.29) is 12.0 Å². The molecule has 0 aromatic rings. The molecule has 1 fully saturated rings. The maximum absolute atomic E-state index is 12.1. The van der Waals surface area contributed by atoms with Crippen LogP contribution in [0.4, 0.5) is 0 Å². The van der Waals surface area contributed by atoms with Crippen molar-refractivity contribution >= 4 is 5.91 Å². The third-order valence-corrected chi connectivity index (χ3v) is 3.66. The summed E-state index contributed by atoms with van der Waals surface area (Å²) in [6, 6.07) is 0. The van der Waals surface area contributed by atoms with Gasteiger partial charge in [0.15, 0.2) is 5.60 Å². The molecular weight excluding hydrogens is 256 g/mol. The summed E-state index contributed by atoms with van der Waals surface area (Å²) in [6.45, 7) is 8.05. The van der Waals surface area contributed by atoms with Gasteiger partial charge in [0, 0.05) is 19.7 Å². The number of aliphatic hydroxyl groups is 1. The van der Waals surface area contributed by atoms with Crippen LogP contribution in [0.1, 0.15) is 26.2 Å². The third kappa shape index (κ3) is 5.23. The van der Waals surface area contributed by atoms with E-state index in [0.717, 1.165) is 32.4 Å². The predicted molar refractivity (Wildman–Crippen MR) is 79.5 cm³/mol. The van der Waals surface area contributed by atoms with E-state index >= 15 is 0 Å². The molecular formula is C15H28N2O3. The molecule has 1 amide bonds. The van der Waals surface area contributed by atoms with Gasteiger partial charge in [-0.1, -0.05) is 12.7 Å². The van der Waals surface area contributed by atoms with Crippen LogP contribution in [-0.2, 0) is 9.53 Å². The van der Waals surface area contributed by atoms with Crippen molar-refractivity contribution in [3.63, 3.8) is 0 Å². The second-order valence-electron chi connectivity index (χ2n) is 5.87. The van der Waals surface area contributed by atoms with Crippen molar-refractivity contribution in [1.82, 2.24) is 9.80 Å². The lowest BCUT2D eigenvalue weighted by atomic mass is 10.0. The first-order chi connectivity index (χ1) is 9.36. The second kappa shape index (κ2) is 7.76. The zero-order valence-corrected chi connectivity index (χ0v) is 13.0. The zero-order chi connectivity index (χ0) is 15.2. The molecule has 1 unspecified atom stereocenters. The Morgan fingerprint density at radius 1 is 1.50 bits per heavy atom. The van der Waals surface area contributed by atoms with Gasteiger partial charge >= 0.3 is 0 Å². The highest BCUT2D eigenvalue weighted by molar-refractivity contribution is 5.86. The van der Waals surface area contributed by atoms with Gasteiger partial charge in [0.25, 0.3) is 5.91 Å². The van der Waals surface area contributed by atoms with Gasteiger partial charge in [-0.3, -0.25) is 4.79 Å². The minimum atomic E-state index is -1.46. The first kappa shape index (κ1) is 17.1. The summed E-state index contributed by atoms with van der Waals surface area (Å²) in [7, 11) is 4.10. The summed E-state index contributed by atoms with van der Waals surface area (Å²) < 4.78 is 5.83. The fraction of sp³-hybridized carbons (Fsp3) is 0.800. The van der Waals surface area contributed by atoms with Crippen molar-refractivity contribution in [3.8, 4) is 0 Å². The summed E-state index contributed by atoms with van der Waals surface area (Å²) in [5.41, 5.74) is -1.46. The quantitative estimate of drug-likeness (QED) is 0.557. The average molecular weight is 284 g/mol. The van der Waals surface area contributed by atoms with Crippen molar-refractivity contribution in [2.45, 2.75) is 37.9 Å². The second-order valence-corrected chi connectivity index (χ2v) is 5.87. The lowest BCUT2D eigenvalue weighted by molar-refractivity contribution is -0.147. The molecule has 1 aliphatic heterocycles. The van der Waals surface area contributed by atoms with E-state index in [0.29, 0.717) is 13.1 Å². The van der Waals surface area contributed by atoms with E-state index in [1.165, 1.54) is 13.0 Å². The molecule has 0 radical (unpaired) electrons. The van der Waals surface area contributed by atoms with Gasteiger partial charge in [-0.05, 0) is 46.8 Å². The summed E-state index contributed by atoms with van der Waals surface area (Å²) >= 11 is 0. The molecule has 0 aliphatic carbocycles. The number of ether oxygens (including phenoxy) is 1.